The summed E-state index contributed by atoms with van der Waals surface area (Å²) in [4.78, 5) is 28.5. The summed E-state index contributed by atoms with van der Waals surface area (Å²) in [6.45, 7) is 10.0. The second-order valence-electron chi connectivity index (χ2n) is 10.6. The van der Waals surface area contributed by atoms with Gasteiger partial charge in [-0.1, -0.05) is 49.8 Å². The monoisotopic (exact) mass is 476 g/mol. The SMILES string of the molecule is CCN(/C=C(\C)C(C)C)c1ncc(N2CC3(CCC(c4ccccc4)(N(C)C)CC3)NC2=O)cn1. The summed E-state index contributed by atoms with van der Waals surface area (Å²) >= 11 is 0. The second-order valence-corrected chi connectivity index (χ2v) is 10.6. The van der Waals surface area contributed by atoms with E-state index in [1.165, 1.54) is 11.1 Å². The number of hydrogen-bond acceptors (Lipinski definition) is 5. The molecule has 2 heterocycles. The Labute approximate surface area is 210 Å². The van der Waals surface area contributed by atoms with Gasteiger partial charge in [-0.25, -0.2) is 14.8 Å². The average molecular weight is 477 g/mol. The van der Waals surface area contributed by atoms with Crippen LogP contribution in [-0.2, 0) is 5.54 Å². The maximum absolute atomic E-state index is 13.0. The lowest BCUT2D eigenvalue weighted by molar-refractivity contribution is 0.0658. The predicted molar refractivity (Wildman–Crippen MR) is 143 cm³/mol. The fourth-order valence-electron chi connectivity index (χ4n) is 5.37. The number of carbonyl (C=O) groups is 1. The fraction of sp³-hybridized carbons (Fsp3) is 0.536. The van der Waals surface area contributed by atoms with Crippen LogP contribution in [0.1, 0.15) is 58.9 Å². The van der Waals surface area contributed by atoms with E-state index in [1.54, 1.807) is 17.3 Å². The first-order valence-electron chi connectivity index (χ1n) is 12.8. The summed E-state index contributed by atoms with van der Waals surface area (Å²) in [5, 5.41) is 3.33. The van der Waals surface area contributed by atoms with Crippen LogP contribution in [0.4, 0.5) is 16.4 Å². The number of nitrogens with one attached hydrogen (secondary N) is 1. The quantitative estimate of drug-likeness (QED) is 0.598. The number of benzene rings is 1. The highest BCUT2D eigenvalue weighted by atomic mass is 16.2. The molecule has 35 heavy (non-hydrogen) atoms. The highest BCUT2D eigenvalue weighted by Gasteiger charge is 2.50. The normalized spacial score (nSPS) is 25.0. The lowest BCUT2D eigenvalue weighted by Crippen LogP contribution is -2.54. The van der Waals surface area contributed by atoms with Crippen molar-refractivity contribution in [2.45, 2.75) is 64.5 Å². The first-order valence-corrected chi connectivity index (χ1v) is 12.8. The first-order chi connectivity index (χ1) is 16.7. The van der Waals surface area contributed by atoms with Crippen LogP contribution in [0, 0.1) is 5.92 Å². The minimum atomic E-state index is -0.212. The molecular weight excluding hydrogens is 436 g/mol. The van der Waals surface area contributed by atoms with E-state index >= 15 is 0 Å². The third-order valence-electron chi connectivity index (χ3n) is 8.08. The average Bonchev–Trinajstić information content (AvgIpc) is 3.19. The van der Waals surface area contributed by atoms with Gasteiger partial charge in [-0.15, -0.1) is 0 Å². The van der Waals surface area contributed by atoms with E-state index in [1.807, 2.05) is 0 Å². The van der Waals surface area contributed by atoms with Crippen molar-refractivity contribution >= 4 is 17.7 Å². The van der Waals surface area contributed by atoms with Crippen molar-refractivity contribution in [3.05, 3.63) is 60.1 Å². The van der Waals surface area contributed by atoms with Crippen LogP contribution in [0.15, 0.2) is 54.5 Å². The fourth-order valence-corrected chi connectivity index (χ4v) is 5.37. The number of hydrogen-bond donors (Lipinski definition) is 1. The molecule has 188 valence electrons. The van der Waals surface area contributed by atoms with Crippen molar-refractivity contribution in [3.63, 3.8) is 0 Å². The molecule has 1 spiro atoms. The van der Waals surface area contributed by atoms with Gasteiger partial charge in [0.1, 0.15) is 0 Å². The Morgan fingerprint density at radius 2 is 1.74 bits per heavy atom. The van der Waals surface area contributed by atoms with Crippen LogP contribution in [0.2, 0.25) is 0 Å². The van der Waals surface area contributed by atoms with Crippen LogP contribution < -0.4 is 15.1 Å². The number of carbonyl (C=O) groups excluding carboxylic acids is 1. The van der Waals surface area contributed by atoms with Gasteiger partial charge >= 0.3 is 6.03 Å². The van der Waals surface area contributed by atoms with E-state index in [9.17, 15) is 4.79 Å². The second kappa shape index (κ2) is 9.97. The molecule has 1 aromatic carbocycles. The van der Waals surface area contributed by atoms with Gasteiger partial charge in [0.05, 0.1) is 30.2 Å². The molecule has 2 amide bonds. The molecule has 1 saturated carbocycles. The van der Waals surface area contributed by atoms with E-state index in [-0.39, 0.29) is 17.1 Å². The summed E-state index contributed by atoms with van der Waals surface area (Å²) in [5.41, 5.74) is 3.17. The van der Waals surface area contributed by atoms with E-state index in [0.717, 1.165) is 37.9 Å². The zero-order valence-corrected chi connectivity index (χ0v) is 22.1. The standard InChI is InChI=1S/C28H40N6O/c1-7-33(19-22(4)21(2)3)25-29-17-24(18-30-25)34-20-27(31-26(34)35)13-15-28(16-14-27,32(5)6)23-11-9-8-10-12-23/h8-12,17-19,21H,7,13-16,20H2,1-6H3,(H,31,35)/b22-19+. The molecular formula is C28H40N6O. The van der Waals surface area contributed by atoms with Crippen molar-refractivity contribution in [2.24, 2.45) is 5.92 Å². The molecule has 2 fully saturated rings. The molecule has 0 radical (unpaired) electrons. The van der Waals surface area contributed by atoms with Crippen molar-refractivity contribution in [1.82, 2.24) is 20.2 Å². The molecule has 0 atom stereocenters. The van der Waals surface area contributed by atoms with Crippen molar-refractivity contribution in [1.29, 1.82) is 0 Å². The third-order valence-corrected chi connectivity index (χ3v) is 8.08. The molecule has 2 aromatic rings. The lowest BCUT2D eigenvalue weighted by Gasteiger charge is -2.48. The zero-order chi connectivity index (χ0) is 25.2. The topological polar surface area (TPSA) is 64.6 Å². The van der Waals surface area contributed by atoms with Gasteiger partial charge in [0.2, 0.25) is 5.95 Å². The Balaban J connectivity index is 1.48. The Kier molecular flexibility index (Phi) is 7.17. The Morgan fingerprint density at radius 3 is 2.29 bits per heavy atom. The summed E-state index contributed by atoms with van der Waals surface area (Å²) in [5.74, 6) is 1.12. The third kappa shape index (κ3) is 4.92. The highest BCUT2D eigenvalue weighted by Crippen LogP contribution is 2.46. The van der Waals surface area contributed by atoms with Gasteiger partial charge in [-0.05, 0) is 65.1 Å². The van der Waals surface area contributed by atoms with Crippen LogP contribution in [0.3, 0.4) is 0 Å². The van der Waals surface area contributed by atoms with Gasteiger partial charge in [-0.3, -0.25) is 9.80 Å². The number of rotatable bonds is 7. The molecule has 0 bridgehead atoms. The van der Waals surface area contributed by atoms with Gasteiger partial charge in [0.25, 0.3) is 0 Å². The van der Waals surface area contributed by atoms with Crippen molar-refractivity contribution in [2.75, 3.05) is 37.0 Å². The minimum absolute atomic E-state index is 0.000658. The maximum Gasteiger partial charge on any atom is 0.322 e. The molecule has 7 nitrogen and oxygen atoms in total. The highest BCUT2D eigenvalue weighted by molar-refractivity contribution is 5.95. The molecule has 1 aromatic heterocycles. The Hall–Kier alpha value is -2.93. The minimum Gasteiger partial charge on any atom is -0.330 e. The Bertz CT molecular complexity index is 1040. The number of allylic oxidation sites excluding steroid dienone is 1. The van der Waals surface area contributed by atoms with Crippen LogP contribution in [-0.4, -0.2) is 53.6 Å². The van der Waals surface area contributed by atoms with Gasteiger partial charge in [0.15, 0.2) is 0 Å². The molecule has 7 heteroatoms. The van der Waals surface area contributed by atoms with Gasteiger partial charge in [-0.2, -0.15) is 0 Å². The summed E-state index contributed by atoms with van der Waals surface area (Å²) in [7, 11) is 4.34. The van der Waals surface area contributed by atoms with Crippen LogP contribution in [0.5, 0.6) is 0 Å². The molecule has 1 saturated heterocycles. The zero-order valence-electron chi connectivity index (χ0n) is 22.1. The summed E-state index contributed by atoms with van der Waals surface area (Å²) in [6.07, 6.45) is 9.54. The van der Waals surface area contributed by atoms with Crippen LogP contribution >= 0.6 is 0 Å². The molecule has 1 aliphatic carbocycles. The number of aromatic nitrogens is 2. The summed E-state index contributed by atoms with van der Waals surface area (Å²) in [6, 6.07) is 10.7. The van der Waals surface area contributed by atoms with E-state index in [0.29, 0.717) is 18.4 Å². The molecule has 1 N–H and O–H groups in total. The van der Waals surface area contributed by atoms with E-state index in [4.69, 9.17) is 0 Å². The summed E-state index contributed by atoms with van der Waals surface area (Å²) < 4.78 is 0. The molecule has 2 aliphatic rings. The Morgan fingerprint density at radius 1 is 1.11 bits per heavy atom. The predicted octanol–water partition coefficient (Wildman–Crippen LogP) is 5.16. The number of nitrogens with zero attached hydrogens (tertiary/aromatic N) is 5. The number of amides is 2. The van der Waals surface area contributed by atoms with Crippen molar-refractivity contribution < 1.29 is 4.79 Å². The molecule has 4 rings (SSSR count). The van der Waals surface area contributed by atoms with Crippen molar-refractivity contribution in [3.8, 4) is 0 Å². The van der Waals surface area contributed by atoms with Gasteiger partial charge < -0.3 is 10.2 Å². The number of anilines is 2. The number of urea groups is 1. The molecule has 1 aliphatic heterocycles. The smallest absolute Gasteiger partial charge is 0.322 e. The first kappa shape index (κ1) is 25.2. The largest absolute Gasteiger partial charge is 0.330 e. The van der Waals surface area contributed by atoms with Crippen LogP contribution in [0.25, 0.3) is 0 Å². The molecule has 0 unspecified atom stereocenters. The lowest BCUT2D eigenvalue weighted by atomic mass is 9.69. The van der Waals surface area contributed by atoms with E-state index < -0.39 is 0 Å². The van der Waals surface area contributed by atoms with E-state index in [2.05, 4.69) is 103 Å². The maximum atomic E-state index is 13.0. The van der Waals surface area contributed by atoms with Gasteiger partial charge in [0, 0.05) is 18.3 Å².